The Labute approximate surface area is 141 Å². The summed E-state index contributed by atoms with van der Waals surface area (Å²) in [7, 11) is -3.71. The van der Waals surface area contributed by atoms with Gasteiger partial charge in [0.2, 0.25) is 10.0 Å². The number of nitrogens with two attached hydrogens (primary N) is 1. The van der Waals surface area contributed by atoms with Crippen LogP contribution in [0.1, 0.15) is 18.2 Å². The summed E-state index contributed by atoms with van der Waals surface area (Å²) in [6.07, 6.45) is 0.710. The third-order valence-corrected chi connectivity index (χ3v) is 4.81. The Morgan fingerprint density at radius 2 is 1.58 bits per heavy atom. The number of hydrogen-bond acceptors (Lipinski definition) is 4. The summed E-state index contributed by atoms with van der Waals surface area (Å²) in [4.78, 5) is 0.0811. The van der Waals surface area contributed by atoms with E-state index in [1.165, 1.54) is 12.1 Å². The quantitative estimate of drug-likeness (QED) is 0.786. The SMILES string of the molecule is CCc1noc(-c2ccc(C)cc2)c1-c1ccc(S(N)(=O)=O)cc1. The topological polar surface area (TPSA) is 86.2 Å². The van der Waals surface area contributed by atoms with Gasteiger partial charge in [0, 0.05) is 5.56 Å². The van der Waals surface area contributed by atoms with E-state index >= 15 is 0 Å². The molecule has 5 nitrogen and oxygen atoms in total. The molecule has 0 spiro atoms. The summed E-state index contributed by atoms with van der Waals surface area (Å²) in [6.45, 7) is 4.02. The normalized spacial score (nSPS) is 11.6. The summed E-state index contributed by atoms with van der Waals surface area (Å²) < 4.78 is 28.4. The first-order valence-electron chi connectivity index (χ1n) is 7.59. The number of aromatic nitrogens is 1. The van der Waals surface area contributed by atoms with Crippen molar-refractivity contribution in [3.63, 3.8) is 0 Å². The number of nitrogens with zero attached hydrogens (tertiary/aromatic N) is 1. The van der Waals surface area contributed by atoms with E-state index in [4.69, 9.17) is 9.66 Å². The summed E-state index contributed by atoms with van der Waals surface area (Å²) in [5.74, 6) is 0.676. The number of aryl methyl sites for hydroxylation is 2. The van der Waals surface area contributed by atoms with Crippen molar-refractivity contribution in [1.82, 2.24) is 5.16 Å². The van der Waals surface area contributed by atoms with Crippen LogP contribution in [0.4, 0.5) is 0 Å². The van der Waals surface area contributed by atoms with Crippen molar-refractivity contribution < 1.29 is 12.9 Å². The molecule has 0 amide bonds. The number of rotatable bonds is 4. The van der Waals surface area contributed by atoms with Crippen LogP contribution in [0.3, 0.4) is 0 Å². The lowest BCUT2D eigenvalue weighted by atomic mass is 9.98. The third kappa shape index (κ3) is 3.11. The minimum atomic E-state index is -3.71. The molecule has 2 N–H and O–H groups in total. The molecule has 0 radical (unpaired) electrons. The zero-order valence-electron chi connectivity index (χ0n) is 13.5. The molecule has 3 rings (SSSR count). The molecule has 1 heterocycles. The lowest BCUT2D eigenvalue weighted by Crippen LogP contribution is -2.11. The van der Waals surface area contributed by atoms with Gasteiger partial charge in [-0.15, -0.1) is 0 Å². The van der Waals surface area contributed by atoms with Crippen LogP contribution in [-0.2, 0) is 16.4 Å². The Bertz CT molecular complexity index is 957. The van der Waals surface area contributed by atoms with Crippen LogP contribution < -0.4 is 5.14 Å². The van der Waals surface area contributed by atoms with E-state index in [0.29, 0.717) is 12.2 Å². The standard InChI is InChI=1S/C18H18N2O3S/c1-3-16-17(13-8-10-15(11-9-13)24(19,21)22)18(23-20-16)14-6-4-12(2)5-7-14/h4-11H,3H2,1-2H3,(H2,19,21,22). The summed E-state index contributed by atoms with van der Waals surface area (Å²) in [5, 5.41) is 9.32. The summed E-state index contributed by atoms with van der Waals surface area (Å²) in [6, 6.07) is 14.4. The Kier molecular flexibility index (Phi) is 4.26. The van der Waals surface area contributed by atoms with E-state index in [9.17, 15) is 8.42 Å². The van der Waals surface area contributed by atoms with Gasteiger partial charge in [0.1, 0.15) is 0 Å². The Morgan fingerprint density at radius 1 is 1.00 bits per heavy atom. The van der Waals surface area contributed by atoms with Crippen LogP contribution >= 0.6 is 0 Å². The molecule has 124 valence electrons. The van der Waals surface area contributed by atoms with Crippen LogP contribution in [0.5, 0.6) is 0 Å². The van der Waals surface area contributed by atoms with Gasteiger partial charge in [0.05, 0.1) is 16.2 Å². The van der Waals surface area contributed by atoms with Crippen molar-refractivity contribution in [2.24, 2.45) is 5.14 Å². The van der Waals surface area contributed by atoms with Crippen molar-refractivity contribution >= 4 is 10.0 Å². The second kappa shape index (κ2) is 6.22. The maximum absolute atomic E-state index is 11.4. The fraction of sp³-hybridized carbons (Fsp3) is 0.167. The molecule has 0 atom stereocenters. The fourth-order valence-corrected chi connectivity index (χ4v) is 3.09. The van der Waals surface area contributed by atoms with Gasteiger partial charge in [-0.2, -0.15) is 0 Å². The van der Waals surface area contributed by atoms with Gasteiger partial charge < -0.3 is 4.52 Å². The molecule has 1 aromatic heterocycles. The molecule has 6 heteroatoms. The second-order valence-corrected chi connectivity index (χ2v) is 7.18. The Morgan fingerprint density at radius 3 is 2.12 bits per heavy atom. The molecular formula is C18H18N2O3S. The van der Waals surface area contributed by atoms with Crippen molar-refractivity contribution in [3.8, 4) is 22.5 Å². The minimum Gasteiger partial charge on any atom is -0.355 e. The molecule has 0 bridgehead atoms. The maximum Gasteiger partial charge on any atom is 0.238 e. The molecule has 0 saturated heterocycles. The van der Waals surface area contributed by atoms with E-state index in [2.05, 4.69) is 5.16 Å². The van der Waals surface area contributed by atoms with Gasteiger partial charge in [-0.05, 0) is 31.0 Å². The van der Waals surface area contributed by atoms with Crippen molar-refractivity contribution in [3.05, 3.63) is 59.8 Å². The van der Waals surface area contributed by atoms with Crippen molar-refractivity contribution in [2.45, 2.75) is 25.2 Å². The molecule has 3 aromatic rings. The zero-order chi connectivity index (χ0) is 17.3. The summed E-state index contributed by atoms with van der Waals surface area (Å²) in [5.41, 5.74) is 4.64. The van der Waals surface area contributed by atoms with Crippen molar-refractivity contribution in [2.75, 3.05) is 0 Å². The highest BCUT2D eigenvalue weighted by molar-refractivity contribution is 7.89. The number of benzene rings is 2. The first-order chi connectivity index (χ1) is 11.4. The Balaban J connectivity index is 2.13. The van der Waals surface area contributed by atoms with Gasteiger partial charge in [-0.25, -0.2) is 13.6 Å². The lowest BCUT2D eigenvalue weighted by Gasteiger charge is -2.06. The molecule has 2 aromatic carbocycles. The second-order valence-electron chi connectivity index (χ2n) is 5.62. The van der Waals surface area contributed by atoms with Gasteiger partial charge in [-0.3, -0.25) is 0 Å². The van der Waals surface area contributed by atoms with Crippen LogP contribution in [0.2, 0.25) is 0 Å². The van der Waals surface area contributed by atoms with Gasteiger partial charge in [-0.1, -0.05) is 54.0 Å². The van der Waals surface area contributed by atoms with E-state index in [1.54, 1.807) is 12.1 Å². The number of hydrogen-bond donors (Lipinski definition) is 1. The van der Waals surface area contributed by atoms with Gasteiger partial charge in [0.15, 0.2) is 5.76 Å². The Hall–Kier alpha value is -2.44. The minimum absolute atomic E-state index is 0.0811. The van der Waals surface area contributed by atoms with Gasteiger partial charge >= 0.3 is 0 Å². The molecule has 0 saturated carbocycles. The highest BCUT2D eigenvalue weighted by atomic mass is 32.2. The van der Waals surface area contributed by atoms with Crippen LogP contribution in [0, 0.1) is 6.92 Å². The highest BCUT2D eigenvalue weighted by Crippen LogP contribution is 2.35. The van der Waals surface area contributed by atoms with Crippen LogP contribution in [-0.4, -0.2) is 13.6 Å². The monoisotopic (exact) mass is 342 g/mol. The van der Waals surface area contributed by atoms with Crippen molar-refractivity contribution in [1.29, 1.82) is 0 Å². The fourth-order valence-electron chi connectivity index (χ4n) is 2.58. The molecule has 0 aliphatic heterocycles. The lowest BCUT2D eigenvalue weighted by molar-refractivity contribution is 0.424. The number of primary sulfonamides is 1. The number of sulfonamides is 1. The van der Waals surface area contributed by atoms with Crippen LogP contribution in [0.25, 0.3) is 22.5 Å². The van der Waals surface area contributed by atoms with E-state index in [1.807, 2.05) is 38.1 Å². The van der Waals surface area contributed by atoms with Crippen LogP contribution in [0.15, 0.2) is 57.9 Å². The predicted molar refractivity (Wildman–Crippen MR) is 92.9 cm³/mol. The molecule has 0 unspecified atom stereocenters. The molecular weight excluding hydrogens is 324 g/mol. The highest BCUT2D eigenvalue weighted by Gasteiger charge is 2.19. The van der Waals surface area contributed by atoms with Gasteiger partial charge in [0.25, 0.3) is 0 Å². The van der Waals surface area contributed by atoms with E-state index in [-0.39, 0.29) is 4.90 Å². The smallest absolute Gasteiger partial charge is 0.238 e. The zero-order valence-corrected chi connectivity index (χ0v) is 14.3. The maximum atomic E-state index is 11.4. The molecule has 0 fully saturated rings. The largest absolute Gasteiger partial charge is 0.355 e. The first kappa shape index (κ1) is 16.4. The molecule has 0 aliphatic rings. The van der Waals surface area contributed by atoms with E-state index < -0.39 is 10.0 Å². The first-order valence-corrected chi connectivity index (χ1v) is 9.13. The molecule has 24 heavy (non-hydrogen) atoms. The van der Waals surface area contributed by atoms with E-state index in [0.717, 1.165) is 27.9 Å². The molecule has 0 aliphatic carbocycles. The summed E-state index contributed by atoms with van der Waals surface area (Å²) >= 11 is 0. The average molecular weight is 342 g/mol. The average Bonchev–Trinajstić information content (AvgIpc) is 2.99. The third-order valence-electron chi connectivity index (χ3n) is 3.88. The predicted octanol–water partition coefficient (Wildman–Crippen LogP) is 3.53.